The van der Waals surface area contributed by atoms with Crippen LogP contribution in [0.4, 0.5) is 31.8 Å². The molecule has 1 aromatic heterocycles. The first-order chi connectivity index (χ1) is 17.5. The second-order valence-electron chi connectivity index (χ2n) is 9.91. The molecule has 6 rings (SSSR count). The number of aromatic nitrogens is 3. The first-order valence-electron chi connectivity index (χ1n) is 12.6. The number of hydrogen-bond donors (Lipinski definition) is 1. The van der Waals surface area contributed by atoms with Gasteiger partial charge >= 0.3 is 0 Å². The minimum absolute atomic E-state index is 0.285. The number of nitrogens with zero attached hydrogens (tertiary/aromatic N) is 6. The number of alkyl halides is 1. The van der Waals surface area contributed by atoms with Gasteiger partial charge in [0.2, 0.25) is 5.95 Å². The number of anilines is 4. The van der Waals surface area contributed by atoms with Gasteiger partial charge in [-0.1, -0.05) is 0 Å². The molecule has 4 heterocycles. The summed E-state index contributed by atoms with van der Waals surface area (Å²) in [5, 5.41) is 7.82. The fourth-order valence-electron chi connectivity index (χ4n) is 5.20. The standard InChI is InChI=1S/C26H31F2N7O/c1-18-8-21(12-22(9-18)32-4-6-33(7-5-32)25-15-36-16-25)30-26-29-17-35(31-26)24-11-20(28)10-23(13-24)34-3-2-19(27)14-34/h8-13,17,19,25H,2-7,14-16H2,1H3,(H,30,31)/t19-/m0/s1. The van der Waals surface area contributed by atoms with E-state index in [2.05, 4.69) is 50.3 Å². The highest BCUT2D eigenvalue weighted by atomic mass is 19.1. The molecule has 0 bridgehead atoms. The van der Waals surface area contributed by atoms with E-state index < -0.39 is 6.17 Å². The maximum atomic E-state index is 14.4. The number of nitrogens with one attached hydrogen (secondary N) is 1. The lowest BCUT2D eigenvalue weighted by Crippen LogP contribution is -2.56. The maximum absolute atomic E-state index is 14.4. The molecule has 3 fully saturated rings. The van der Waals surface area contributed by atoms with Crippen molar-refractivity contribution < 1.29 is 13.5 Å². The Morgan fingerprint density at radius 2 is 1.69 bits per heavy atom. The highest BCUT2D eigenvalue weighted by molar-refractivity contribution is 5.64. The van der Waals surface area contributed by atoms with Crippen molar-refractivity contribution in [2.24, 2.45) is 0 Å². The van der Waals surface area contributed by atoms with Crippen LogP contribution in [0.3, 0.4) is 0 Å². The Morgan fingerprint density at radius 3 is 2.42 bits per heavy atom. The van der Waals surface area contributed by atoms with Gasteiger partial charge in [0.15, 0.2) is 0 Å². The predicted molar refractivity (Wildman–Crippen MR) is 136 cm³/mol. The van der Waals surface area contributed by atoms with E-state index in [1.165, 1.54) is 22.5 Å². The van der Waals surface area contributed by atoms with Gasteiger partial charge in [-0.05, 0) is 55.3 Å². The predicted octanol–water partition coefficient (Wildman–Crippen LogP) is 3.53. The van der Waals surface area contributed by atoms with Crippen LogP contribution < -0.4 is 15.1 Å². The lowest BCUT2D eigenvalue weighted by Gasteiger charge is -2.43. The van der Waals surface area contributed by atoms with Gasteiger partial charge in [0.05, 0.1) is 24.9 Å². The zero-order valence-corrected chi connectivity index (χ0v) is 20.4. The molecule has 0 saturated carbocycles. The Bertz CT molecular complexity index is 1220. The summed E-state index contributed by atoms with van der Waals surface area (Å²) in [5.74, 6) is 0.0419. The third-order valence-electron chi connectivity index (χ3n) is 7.25. The highest BCUT2D eigenvalue weighted by Gasteiger charge is 2.29. The van der Waals surface area contributed by atoms with E-state index in [4.69, 9.17) is 4.74 Å². The number of piperazine rings is 1. The fraction of sp³-hybridized carbons (Fsp3) is 0.462. The molecular formula is C26H31F2N7O. The first-order valence-corrected chi connectivity index (χ1v) is 12.6. The number of benzene rings is 2. The minimum Gasteiger partial charge on any atom is -0.378 e. The van der Waals surface area contributed by atoms with Gasteiger partial charge < -0.3 is 19.9 Å². The Morgan fingerprint density at radius 1 is 0.917 bits per heavy atom. The summed E-state index contributed by atoms with van der Waals surface area (Å²) in [4.78, 5) is 11.2. The molecule has 0 aliphatic carbocycles. The molecule has 3 aliphatic heterocycles. The second-order valence-corrected chi connectivity index (χ2v) is 9.91. The molecule has 0 unspecified atom stereocenters. The van der Waals surface area contributed by atoms with Crippen LogP contribution in [-0.4, -0.2) is 84.4 Å². The molecule has 0 spiro atoms. The van der Waals surface area contributed by atoms with Crippen LogP contribution in [0.15, 0.2) is 42.7 Å². The number of ether oxygens (including phenoxy) is 1. The van der Waals surface area contributed by atoms with Crippen LogP contribution in [0, 0.1) is 12.7 Å². The Labute approximate surface area is 209 Å². The molecule has 1 atom stereocenters. The molecule has 2 aromatic carbocycles. The molecular weight excluding hydrogens is 464 g/mol. The third kappa shape index (κ3) is 4.87. The van der Waals surface area contributed by atoms with Crippen molar-refractivity contribution in [1.29, 1.82) is 0 Å². The maximum Gasteiger partial charge on any atom is 0.246 e. The number of rotatable bonds is 6. The topological polar surface area (TPSA) is 61.7 Å². The van der Waals surface area contributed by atoms with Crippen molar-refractivity contribution in [3.63, 3.8) is 0 Å². The lowest BCUT2D eigenvalue weighted by atomic mass is 10.1. The molecule has 1 N–H and O–H groups in total. The van der Waals surface area contributed by atoms with E-state index in [0.29, 0.717) is 36.3 Å². The average Bonchev–Trinajstić information content (AvgIpc) is 3.47. The number of aryl methyl sites for hydroxylation is 1. The lowest BCUT2D eigenvalue weighted by molar-refractivity contribution is -0.0660. The summed E-state index contributed by atoms with van der Waals surface area (Å²) in [6.07, 6.45) is 1.15. The van der Waals surface area contributed by atoms with E-state index in [1.54, 1.807) is 6.33 Å². The van der Waals surface area contributed by atoms with Crippen LogP contribution in [0.25, 0.3) is 5.69 Å². The van der Waals surface area contributed by atoms with Gasteiger partial charge in [-0.3, -0.25) is 4.90 Å². The third-order valence-corrected chi connectivity index (χ3v) is 7.25. The zero-order valence-electron chi connectivity index (χ0n) is 20.4. The van der Waals surface area contributed by atoms with Crippen molar-refractivity contribution in [3.05, 3.63) is 54.1 Å². The molecule has 3 aromatic rings. The second kappa shape index (κ2) is 9.67. The molecule has 0 amide bonds. The Balaban J connectivity index is 1.16. The van der Waals surface area contributed by atoms with E-state index >= 15 is 0 Å². The molecule has 0 radical (unpaired) electrons. The van der Waals surface area contributed by atoms with Crippen LogP contribution in [0.1, 0.15) is 12.0 Å². The molecule has 3 saturated heterocycles. The summed E-state index contributed by atoms with van der Waals surface area (Å²) < 4.78 is 34.9. The molecule has 3 aliphatic rings. The number of halogens is 2. The largest absolute Gasteiger partial charge is 0.378 e. The number of hydrogen-bond acceptors (Lipinski definition) is 7. The summed E-state index contributed by atoms with van der Waals surface area (Å²) in [6.45, 7) is 8.68. The molecule has 8 nitrogen and oxygen atoms in total. The quantitative estimate of drug-likeness (QED) is 0.562. The van der Waals surface area contributed by atoms with E-state index in [1.807, 2.05) is 11.0 Å². The van der Waals surface area contributed by atoms with Crippen molar-refractivity contribution in [2.45, 2.75) is 25.6 Å². The highest BCUT2D eigenvalue weighted by Crippen LogP contribution is 2.28. The van der Waals surface area contributed by atoms with Gasteiger partial charge in [-0.2, -0.15) is 4.98 Å². The van der Waals surface area contributed by atoms with Crippen molar-refractivity contribution in [2.75, 3.05) is 67.6 Å². The van der Waals surface area contributed by atoms with E-state index in [0.717, 1.165) is 50.6 Å². The van der Waals surface area contributed by atoms with Crippen LogP contribution in [0.5, 0.6) is 0 Å². The molecule has 10 heteroatoms. The minimum atomic E-state index is -0.876. The van der Waals surface area contributed by atoms with Gasteiger partial charge in [0, 0.05) is 56.3 Å². The smallest absolute Gasteiger partial charge is 0.246 e. The van der Waals surface area contributed by atoms with Crippen LogP contribution in [-0.2, 0) is 4.74 Å². The average molecular weight is 496 g/mol. The van der Waals surface area contributed by atoms with Crippen molar-refractivity contribution in [1.82, 2.24) is 19.7 Å². The summed E-state index contributed by atoms with van der Waals surface area (Å²) in [6, 6.07) is 11.6. The summed E-state index contributed by atoms with van der Waals surface area (Å²) in [7, 11) is 0. The summed E-state index contributed by atoms with van der Waals surface area (Å²) >= 11 is 0. The van der Waals surface area contributed by atoms with E-state index in [9.17, 15) is 8.78 Å². The van der Waals surface area contributed by atoms with Gasteiger partial charge in [0.1, 0.15) is 18.3 Å². The Kier molecular flexibility index (Phi) is 6.22. The van der Waals surface area contributed by atoms with Crippen LogP contribution >= 0.6 is 0 Å². The normalized spacial score (nSPS) is 21.1. The monoisotopic (exact) mass is 495 g/mol. The molecule has 190 valence electrons. The van der Waals surface area contributed by atoms with E-state index in [-0.39, 0.29) is 12.4 Å². The SMILES string of the molecule is Cc1cc(Nc2ncn(-c3cc(F)cc(N4CC[C@H](F)C4)c3)n2)cc(N2CCN(C3COC3)CC2)c1. The van der Waals surface area contributed by atoms with Crippen molar-refractivity contribution >= 4 is 23.0 Å². The van der Waals surface area contributed by atoms with Crippen molar-refractivity contribution in [3.8, 4) is 5.69 Å². The van der Waals surface area contributed by atoms with Gasteiger partial charge in [0.25, 0.3) is 0 Å². The van der Waals surface area contributed by atoms with Crippen LogP contribution in [0.2, 0.25) is 0 Å². The summed E-state index contributed by atoms with van der Waals surface area (Å²) in [5.41, 5.74) is 4.43. The van der Waals surface area contributed by atoms with Gasteiger partial charge in [-0.15, -0.1) is 5.10 Å². The Hall–Kier alpha value is -3.24. The first kappa shape index (κ1) is 23.2. The fourth-order valence-corrected chi connectivity index (χ4v) is 5.20. The van der Waals surface area contributed by atoms with Gasteiger partial charge in [-0.25, -0.2) is 13.5 Å². The zero-order chi connectivity index (χ0) is 24.6. The molecule has 36 heavy (non-hydrogen) atoms.